The molecular formula is C26H41ClN4O6. The lowest BCUT2D eigenvalue weighted by Gasteiger charge is -2.39. The first kappa shape index (κ1) is 30.6. The summed E-state index contributed by atoms with van der Waals surface area (Å²) in [6, 6.07) is -0.848. The van der Waals surface area contributed by atoms with Crippen molar-refractivity contribution in [3.05, 3.63) is 22.8 Å². The third-order valence-corrected chi connectivity index (χ3v) is 6.62. The van der Waals surface area contributed by atoms with E-state index in [1.807, 2.05) is 19.1 Å². The van der Waals surface area contributed by atoms with Crippen LogP contribution in [0.3, 0.4) is 0 Å². The molecule has 0 aliphatic carbocycles. The lowest BCUT2D eigenvalue weighted by molar-refractivity contribution is -0.178. The molecular weight excluding hydrogens is 500 g/mol. The number of halogens is 1. The van der Waals surface area contributed by atoms with Gasteiger partial charge in [0.1, 0.15) is 11.6 Å². The highest BCUT2D eigenvalue weighted by Gasteiger charge is 2.38. The van der Waals surface area contributed by atoms with E-state index in [1.165, 1.54) is 15.4 Å². The van der Waals surface area contributed by atoms with E-state index in [1.54, 1.807) is 32.7 Å². The van der Waals surface area contributed by atoms with Crippen molar-refractivity contribution in [1.82, 2.24) is 19.8 Å². The van der Waals surface area contributed by atoms with Gasteiger partial charge < -0.3 is 19.4 Å². The Balaban J connectivity index is 1.88. The fourth-order valence-electron chi connectivity index (χ4n) is 4.22. The highest BCUT2D eigenvalue weighted by molar-refractivity contribution is 6.29. The SMILES string of the molecule is C/C(Cl)=C\C=C(/C)CCC1CCN(C(=O)ON(C=O)C(=O)C2CN(C(=O)OC(C)(C)C)CCN2C)CC1. The number of piperazine rings is 1. The third kappa shape index (κ3) is 10.0. The lowest BCUT2D eigenvalue weighted by atomic mass is 9.91. The molecule has 208 valence electrons. The van der Waals surface area contributed by atoms with E-state index in [-0.39, 0.29) is 13.0 Å². The van der Waals surface area contributed by atoms with E-state index in [0.717, 1.165) is 30.7 Å². The van der Waals surface area contributed by atoms with E-state index in [9.17, 15) is 19.2 Å². The van der Waals surface area contributed by atoms with Gasteiger partial charge in [0, 0.05) is 37.8 Å². The molecule has 37 heavy (non-hydrogen) atoms. The minimum atomic E-state index is -0.848. The zero-order valence-corrected chi connectivity index (χ0v) is 23.6. The largest absolute Gasteiger partial charge is 0.444 e. The number of likely N-dealkylation sites (tertiary alicyclic amines) is 1. The van der Waals surface area contributed by atoms with Crippen LogP contribution >= 0.6 is 11.6 Å². The van der Waals surface area contributed by atoms with Gasteiger partial charge in [-0.25, -0.2) is 9.59 Å². The number of nitrogens with zero attached hydrogens (tertiary/aromatic N) is 4. The number of hydrogen-bond acceptors (Lipinski definition) is 7. The predicted molar refractivity (Wildman–Crippen MR) is 141 cm³/mol. The fraction of sp³-hybridized carbons (Fsp3) is 0.692. The Morgan fingerprint density at radius 2 is 1.65 bits per heavy atom. The van der Waals surface area contributed by atoms with Crippen LogP contribution in [0.25, 0.3) is 0 Å². The van der Waals surface area contributed by atoms with Crippen LogP contribution in [0.4, 0.5) is 9.59 Å². The number of carbonyl (C=O) groups excluding carboxylic acids is 4. The molecule has 1 unspecified atom stereocenters. The zero-order chi connectivity index (χ0) is 27.8. The number of hydroxylamine groups is 2. The summed E-state index contributed by atoms with van der Waals surface area (Å²) in [5.74, 6) is -0.232. The fourth-order valence-corrected chi connectivity index (χ4v) is 4.28. The summed E-state index contributed by atoms with van der Waals surface area (Å²) >= 11 is 5.87. The van der Waals surface area contributed by atoms with Gasteiger partial charge in [-0.1, -0.05) is 23.3 Å². The molecule has 2 saturated heterocycles. The molecule has 0 spiro atoms. The number of carbonyl (C=O) groups is 4. The first-order valence-electron chi connectivity index (χ1n) is 12.7. The Morgan fingerprint density at radius 1 is 1.00 bits per heavy atom. The number of piperidine rings is 1. The molecule has 0 aromatic heterocycles. The molecule has 0 aromatic carbocycles. The number of amides is 4. The van der Waals surface area contributed by atoms with Crippen molar-refractivity contribution in [3.63, 3.8) is 0 Å². The van der Waals surface area contributed by atoms with E-state index < -0.39 is 29.7 Å². The van der Waals surface area contributed by atoms with Crippen molar-refractivity contribution in [3.8, 4) is 0 Å². The van der Waals surface area contributed by atoms with E-state index in [2.05, 4.69) is 6.92 Å². The number of likely N-dealkylation sites (N-methyl/N-ethyl adjacent to an activating group) is 1. The Kier molecular flexibility index (Phi) is 11.4. The molecule has 2 aliphatic rings. The van der Waals surface area contributed by atoms with Crippen LogP contribution in [0, 0.1) is 5.92 Å². The maximum Gasteiger partial charge on any atom is 0.434 e. The second kappa shape index (κ2) is 13.8. The molecule has 4 amide bonds. The van der Waals surface area contributed by atoms with Crippen molar-refractivity contribution >= 4 is 36.1 Å². The zero-order valence-electron chi connectivity index (χ0n) is 22.9. The monoisotopic (exact) mass is 540 g/mol. The van der Waals surface area contributed by atoms with Gasteiger partial charge in [0.15, 0.2) is 0 Å². The molecule has 2 aliphatic heterocycles. The van der Waals surface area contributed by atoms with Crippen LogP contribution in [0.5, 0.6) is 0 Å². The molecule has 2 fully saturated rings. The summed E-state index contributed by atoms with van der Waals surface area (Å²) in [7, 11) is 1.72. The van der Waals surface area contributed by atoms with Crippen molar-refractivity contribution in [2.24, 2.45) is 5.92 Å². The maximum absolute atomic E-state index is 13.1. The van der Waals surface area contributed by atoms with E-state index >= 15 is 0 Å². The first-order chi connectivity index (χ1) is 17.3. The Hall–Kier alpha value is -2.59. The van der Waals surface area contributed by atoms with Crippen LogP contribution in [0.15, 0.2) is 22.8 Å². The van der Waals surface area contributed by atoms with Gasteiger partial charge in [-0.15, -0.1) is 5.06 Å². The molecule has 0 bridgehead atoms. The quantitative estimate of drug-likeness (QED) is 0.283. The summed E-state index contributed by atoms with van der Waals surface area (Å²) < 4.78 is 5.40. The standard InChI is InChI=1S/C26H41ClN4O6/c1-19(7-9-20(2)27)8-10-21-11-13-29(14-12-21)25(35)37-31(18-32)23(33)22-17-30(16-15-28(22)6)24(34)36-26(3,4)5/h7,9,18,21-22H,8,10-17H2,1-6H3/b19-7+,20-9+. The van der Waals surface area contributed by atoms with Crippen LogP contribution < -0.4 is 0 Å². The number of hydrogen-bond donors (Lipinski definition) is 0. The highest BCUT2D eigenvalue weighted by atomic mass is 35.5. The summed E-state index contributed by atoms with van der Waals surface area (Å²) in [6.45, 7) is 11.0. The minimum absolute atomic E-state index is 0.0195. The predicted octanol–water partition coefficient (Wildman–Crippen LogP) is 4.16. The van der Waals surface area contributed by atoms with Crippen LogP contribution in [-0.2, 0) is 19.2 Å². The second-order valence-corrected chi connectivity index (χ2v) is 11.4. The first-order valence-corrected chi connectivity index (χ1v) is 13.1. The molecule has 2 rings (SSSR count). The molecule has 0 aromatic rings. The average Bonchev–Trinajstić information content (AvgIpc) is 2.83. The van der Waals surface area contributed by atoms with Gasteiger partial charge in [0.25, 0.3) is 12.3 Å². The second-order valence-electron chi connectivity index (χ2n) is 10.8. The summed E-state index contributed by atoms with van der Waals surface area (Å²) in [6.07, 6.45) is 6.44. The van der Waals surface area contributed by atoms with Crippen molar-refractivity contribution < 1.29 is 28.8 Å². The molecule has 0 N–H and O–H groups in total. The summed E-state index contributed by atoms with van der Waals surface area (Å²) in [5, 5.41) is 1.18. The topological polar surface area (TPSA) is 99.7 Å². The smallest absolute Gasteiger partial charge is 0.434 e. The van der Waals surface area contributed by atoms with Crippen LogP contribution in [0.1, 0.15) is 60.3 Å². The number of rotatable bonds is 6. The average molecular weight is 541 g/mol. The van der Waals surface area contributed by atoms with Gasteiger partial charge in [-0.3, -0.25) is 14.5 Å². The van der Waals surface area contributed by atoms with E-state index in [4.69, 9.17) is 21.2 Å². The van der Waals surface area contributed by atoms with Crippen molar-refractivity contribution in [1.29, 1.82) is 0 Å². The molecule has 10 nitrogen and oxygen atoms in total. The Labute approximate surface area is 225 Å². The molecule has 0 saturated carbocycles. The molecule has 1 atom stereocenters. The van der Waals surface area contributed by atoms with Crippen molar-refractivity contribution in [2.45, 2.75) is 71.9 Å². The van der Waals surface area contributed by atoms with Gasteiger partial charge in [-0.05, 0) is 79.3 Å². The van der Waals surface area contributed by atoms with Gasteiger partial charge >= 0.3 is 12.2 Å². The third-order valence-electron chi connectivity index (χ3n) is 6.49. The number of imide groups is 1. The highest BCUT2D eigenvalue weighted by Crippen LogP contribution is 2.24. The van der Waals surface area contributed by atoms with Crippen LogP contribution in [0.2, 0.25) is 0 Å². The Morgan fingerprint density at radius 3 is 2.22 bits per heavy atom. The summed E-state index contributed by atoms with van der Waals surface area (Å²) in [4.78, 5) is 59.8. The normalized spacial score (nSPS) is 20.5. The number of allylic oxidation sites excluding steroid dienone is 4. The van der Waals surface area contributed by atoms with Crippen LogP contribution in [-0.4, -0.2) is 95.7 Å². The molecule has 2 heterocycles. The molecule has 11 heteroatoms. The Bertz CT molecular complexity index is 888. The van der Waals surface area contributed by atoms with Gasteiger partial charge in [0.2, 0.25) is 0 Å². The minimum Gasteiger partial charge on any atom is -0.444 e. The lowest BCUT2D eigenvalue weighted by Crippen LogP contribution is -2.60. The van der Waals surface area contributed by atoms with Gasteiger partial charge in [-0.2, -0.15) is 0 Å². The van der Waals surface area contributed by atoms with Gasteiger partial charge in [0.05, 0.1) is 0 Å². The van der Waals surface area contributed by atoms with E-state index in [0.29, 0.717) is 37.2 Å². The van der Waals surface area contributed by atoms with Crippen molar-refractivity contribution in [2.75, 3.05) is 39.8 Å². The number of ether oxygens (including phenoxy) is 1. The summed E-state index contributed by atoms with van der Waals surface area (Å²) in [5.41, 5.74) is 0.577. The maximum atomic E-state index is 13.1. The molecule has 0 radical (unpaired) electrons.